The fourth-order valence-corrected chi connectivity index (χ4v) is 4.99. The molecule has 0 radical (unpaired) electrons. The summed E-state index contributed by atoms with van der Waals surface area (Å²) in [6.45, 7) is 4.43. The number of ether oxygens (including phenoxy) is 1. The first-order valence-electron chi connectivity index (χ1n) is 9.52. The van der Waals surface area contributed by atoms with Gasteiger partial charge in [-0.15, -0.1) is 11.3 Å². The van der Waals surface area contributed by atoms with Gasteiger partial charge in [-0.3, -0.25) is 4.79 Å². The first-order chi connectivity index (χ1) is 13.6. The van der Waals surface area contributed by atoms with E-state index in [1.807, 2.05) is 35.5 Å². The van der Waals surface area contributed by atoms with Crippen LogP contribution in [0.5, 0.6) is 5.75 Å². The maximum atomic E-state index is 12.8. The Morgan fingerprint density at radius 2 is 1.96 bits per heavy atom. The molecule has 144 valence electrons. The highest BCUT2D eigenvalue weighted by Crippen LogP contribution is 2.36. The van der Waals surface area contributed by atoms with E-state index in [2.05, 4.69) is 26.7 Å². The number of amides is 1. The Balaban J connectivity index is 1.36. The molecule has 2 atom stereocenters. The first-order valence-corrected chi connectivity index (χ1v) is 10.4. The van der Waals surface area contributed by atoms with E-state index in [9.17, 15) is 4.79 Å². The highest BCUT2D eigenvalue weighted by Gasteiger charge is 2.40. The van der Waals surface area contributed by atoms with E-state index < -0.39 is 0 Å². The van der Waals surface area contributed by atoms with Crippen LogP contribution >= 0.6 is 11.3 Å². The van der Waals surface area contributed by atoms with Gasteiger partial charge in [0.15, 0.2) is 0 Å². The quantitative estimate of drug-likeness (QED) is 0.684. The van der Waals surface area contributed by atoms with Crippen molar-refractivity contribution in [3.8, 4) is 17.0 Å². The molecule has 1 aromatic carbocycles. The van der Waals surface area contributed by atoms with Crippen molar-refractivity contribution in [3.63, 3.8) is 0 Å². The smallest absolute Gasteiger partial charge is 0.273 e. The van der Waals surface area contributed by atoms with Crippen molar-refractivity contribution in [2.45, 2.75) is 19.9 Å². The molecule has 2 aliphatic heterocycles. The van der Waals surface area contributed by atoms with E-state index in [4.69, 9.17) is 4.74 Å². The average molecular weight is 395 g/mol. The van der Waals surface area contributed by atoms with Crippen LogP contribution in [0, 0.1) is 18.8 Å². The number of imidazole rings is 1. The standard InChI is InChI=1S/C21H22N4O2S/c1-13-23-18(12-28-13)21(26)24-9-15-7-20-22-8-19(25(20)11-16(15)10-24)14-3-5-17(27-2)6-4-14/h3-6,8,12,15-16H,7,9-11H2,1-2H3/t15-,16-/m0/s1. The topological polar surface area (TPSA) is 60.2 Å². The fourth-order valence-electron chi connectivity index (χ4n) is 4.41. The third-order valence-electron chi connectivity index (χ3n) is 5.89. The van der Waals surface area contributed by atoms with Gasteiger partial charge in [0.25, 0.3) is 5.91 Å². The third-order valence-corrected chi connectivity index (χ3v) is 6.66. The van der Waals surface area contributed by atoms with Gasteiger partial charge in [-0.05, 0) is 43.0 Å². The minimum absolute atomic E-state index is 0.0618. The van der Waals surface area contributed by atoms with Crippen LogP contribution in [0.15, 0.2) is 35.8 Å². The second-order valence-electron chi connectivity index (χ2n) is 7.58. The summed E-state index contributed by atoms with van der Waals surface area (Å²) in [5.74, 6) is 2.96. The predicted molar refractivity (Wildman–Crippen MR) is 108 cm³/mol. The van der Waals surface area contributed by atoms with Crippen molar-refractivity contribution in [2.75, 3.05) is 20.2 Å². The van der Waals surface area contributed by atoms with Crippen LogP contribution in [0.1, 0.15) is 21.3 Å². The first kappa shape index (κ1) is 17.4. The minimum atomic E-state index is 0.0618. The van der Waals surface area contributed by atoms with Gasteiger partial charge in [0.1, 0.15) is 17.3 Å². The SMILES string of the molecule is COc1ccc(-c2cnc3n2C[C@@H]2CN(C(=O)c4csc(C)n4)C[C@@H]2C3)cc1. The van der Waals surface area contributed by atoms with E-state index in [-0.39, 0.29) is 5.91 Å². The normalized spacial score (nSPS) is 20.7. The number of likely N-dealkylation sites (tertiary alicyclic amines) is 1. The number of carbonyl (C=O) groups excluding carboxylic acids is 1. The summed E-state index contributed by atoms with van der Waals surface area (Å²) in [6.07, 6.45) is 2.89. The third kappa shape index (κ3) is 2.90. The Hall–Kier alpha value is -2.67. The summed E-state index contributed by atoms with van der Waals surface area (Å²) >= 11 is 1.53. The van der Waals surface area contributed by atoms with Crippen molar-refractivity contribution >= 4 is 17.2 Å². The zero-order valence-corrected chi connectivity index (χ0v) is 16.8. The second-order valence-corrected chi connectivity index (χ2v) is 8.65. The molecule has 2 aromatic heterocycles. The molecular weight excluding hydrogens is 372 g/mol. The van der Waals surface area contributed by atoms with Crippen molar-refractivity contribution in [3.05, 3.63) is 52.4 Å². The van der Waals surface area contributed by atoms with Crippen molar-refractivity contribution in [1.82, 2.24) is 19.4 Å². The monoisotopic (exact) mass is 394 g/mol. The molecule has 0 aliphatic carbocycles. The summed E-state index contributed by atoms with van der Waals surface area (Å²) in [7, 11) is 1.68. The molecule has 5 rings (SSSR count). The zero-order valence-electron chi connectivity index (χ0n) is 16.0. The van der Waals surface area contributed by atoms with Crippen LogP contribution in [-0.2, 0) is 13.0 Å². The number of aryl methyl sites for hydroxylation is 1. The number of aromatic nitrogens is 3. The summed E-state index contributed by atoms with van der Waals surface area (Å²) < 4.78 is 7.59. The number of nitrogens with zero attached hydrogens (tertiary/aromatic N) is 4. The lowest BCUT2D eigenvalue weighted by atomic mass is 9.89. The molecule has 2 aliphatic rings. The molecule has 3 aromatic rings. The average Bonchev–Trinajstić information content (AvgIpc) is 3.43. The highest BCUT2D eigenvalue weighted by molar-refractivity contribution is 7.09. The van der Waals surface area contributed by atoms with Gasteiger partial charge in [0, 0.05) is 37.0 Å². The van der Waals surface area contributed by atoms with E-state index >= 15 is 0 Å². The van der Waals surface area contributed by atoms with Crippen molar-refractivity contribution in [1.29, 1.82) is 0 Å². The molecule has 1 amide bonds. The van der Waals surface area contributed by atoms with Crippen LogP contribution in [0.4, 0.5) is 0 Å². The van der Waals surface area contributed by atoms with Crippen LogP contribution in [0.2, 0.25) is 0 Å². The minimum Gasteiger partial charge on any atom is -0.497 e. The second kappa shape index (κ2) is 6.74. The van der Waals surface area contributed by atoms with Crippen molar-refractivity contribution < 1.29 is 9.53 Å². The van der Waals surface area contributed by atoms with Gasteiger partial charge in [-0.2, -0.15) is 0 Å². The van der Waals surface area contributed by atoms with Crippen LogP contribution in [0.3, 0.4) is 0 Å². The summed E-state index contributed by atoms with van der Waals surface area (Å²) in [4.78, 5) is 23.8. The zero-order chi connectivity index (χ0) is 19.3. The van der Waals surface area contributed by atoms with Crippen LogP contribution in [0.25, 0.3) is 11.3 Å². The van der Waals surface area contributed by atoms with Gasteiger partial charge < -0.3 is 14.2 Å². The Kier molecular flexibility index (Phi) is 4.19. The van der Waals surface area contributed by atoms with Crippen molar-refractivity contribution in [2.24, 2.45) is 11.8 Å². The molecule has 0 N–H and O–H groups in total. The molecular formula is C21H22N4O2S. The number of carbonyl (C=O) groups is 1. The van der Waals surface area contributed by atoms with Gasteiger partial charge in [0.05, 0.1) is 24.0 Å². The van der Waals surface area contributed by atoms with E-state index in [0.717, 1.165) is 53.9 Å². The van der Waals surface area contributed by atoms with Gasteiger partial charge in [-0.25, -0.2) is 9.97 Å². The molecule has 1 fully saturated rings. The number of benzene rings is 1. The molecule has 4 heterocycles. The lowest BCUT2D eigenvalue weighted by Gasteiger charge is -2.26. The Morgan fingerprint density at radius 1 is 1.18 bits per heavy atom. The summed E-state index contributed by atoms with van der Waals surface area (Å²) in [6, 6.07) is 8.11. The van der Waals surface area contributed by atoms with E-state index in [1.54, 1.807) is 7.11 Å². The highest BCUT2D eigenvalue weighted by atomic mass is 32.1. The van der Waals surface area contributed by atoms with Crippen LogP contribution < -0.4 is 4.74 Å². The molecule has 6 nitrogen and oxygen atoms in total. The maximum absolute atomic E-state index is 12.8. The molecule has 28 heavy (non-hydrogen) atoms. The van der Waals surface area contributed by atoms with Gasteiger partial charge in [0.2, 0.25) is 0 Å². The summed E-state index contributed by atoms with van der Waals surface area (Å²) in [5.41, 5.74) is 2.86. The Bertz CT molecular complexity index is 1020. The molecule has 7 heteroatoms. The number of thiazole rings is 1. The Labute approximate surface area is 167 Å². The summed E-state index contributed by atoms with van der Waals surface area (Å²) in [5, 5.41) is 2.80. The number of fused-ring (bicyclic) bond motifs is 2. The molecule has 0 saturated carbocycles. The van der Waals surface area contributed by atoms with E-state index in [0.29, 0.717) is 17.5 Å². The maximum Gasteiger partial charge on any atom is 0.273 e. The number of hydrogen-bond acceptors (Lipinski definition) is 5. The predicted octanol–water partition coefficient (Wildman–Crippen LogP) is 3.27. The fraction of sp³-hybridized carbons (Fsp3) is 0.381. The number of methoxy groups -OCH3 is 1. The van der Waals surface area contributed by atoms with Crippen LogP contribution in [-0.4, -0.2) is 45.5 Å². The van der Waals surface area contributed by atoms with Gasteiger partial charge in [-0.1, -0.05) is 0 Å². The molecule has 0 bridgehead atoms. The number of hydrogen-bond donors (Lipinski definition) is 0. The lowest BCUT2D eigenvalue weighted by molar-refractivity contribution is 0.0778. The van der Waals surface area contributed by atoms with Gasteiger partial charge >= 0.3 is 0 Å². The largest absolute Gasteiger partial charge is 0.497 e. The molecule has 1 saturated heterocycles. The Morgan fingerprint density at radius 3 is 2.68 bits per heavy atom. The lowest BCUT2D eigenvalue weighted by Crippen LogP contribution is -2.29. The van der Waals surface area contributed by atoms with E-state index in [1.165, 1.54) is 11.3 Å². The molecule has 0 spiro atoms. The number of rotatable bonds is 3. The molecule has 0 unspecified atom stereocenters.